The van der Waals surface area contributed by atoms with E-state index in [-0.39, 0.29) is 0 Å². The predicted molar refractivity (Wildman–Crippen MR) is 92.6 cm³/mol. The van der Waals surface area contributed by atoms with E-state index in [1.807, 2.05) is 6.07 Å². The largest absolute Gasteiger partial charge is 0.479 e. The van der Waals surface area contributed by atoms with Gasteiger partial charge in [-0.25, -0.2) is 4.79 Å². The Hall–Kier alpha value is -2.24. The molecule has 0 heterocycles. The highest BCUT2D eigenvalue weighted by molar-refractivity contribution is 6.35. The first kappa shape index (κ1) is 18.1. The van der Waals surface area contributed by atoms with Gasteiger partial charge >= 0.3 is 5.97 Å². The zero-order chi connectivity index (χ0) is 17.5. The van der Waals surface area contributed by atoms with E-state index in [1.165, 1.54) is 6.07 Å². The minimum absolute atomic E-state index is 0.333. The molecule has 0 bridgehead atoms. The van der Waals surface area contributed by atoms with E-state index in [0.717, 1.165) is 0 Å². The maximum Gasteiger partial charge on any atom is 0.347 e. The molecule has 0 unspecified atom stereocenters. The third-order valence-corrected chi connectivity index (χ3v) is 3.50. The average Bonchev–Trinajstić information content (AvgIpc) is 2.57. The maximum atomic E-state index is 11.9. The average molecular weight is 368 g/mol. The van der Waals surface area contributed by atoms with Crippen molar-refractivity contribution in [3.8, 4) is 5.75 Å². The number of halogens is 2. The highest BCUT2D eigenvalue weighted by Crippen LogP contribution is 2.25. The number of hydrogen-bond donors (Lipinski definition) is 1. The first-order valence-corrected chi connectivity index (χ1v) is 7.84. The summed E-state index contributed by atoms with van der Waals surface area (Å²) in [5, 5.41) is 3.28. The van der Waals surface area contributed by atoms with E-state index in [9.17, 15) is 9.59 Å². The minimum atomic E-state index is -0.838. The molecule has 2 aromatic carbocycles. The van der Waals surface area contributed by atoms with Crippen molar-refractivity contribution in [2.75, 3.05) is 11.9 Å². The van der Waals surface area contributed by atoms with Crippen molar-refractivity contribution < 1.29 is 19.1 Å². The predicted octanol–water partition coefficient (Wildman–Crippen LogP) is 3.94. The SMILES string of the molecule is C[C@H](Oc1ccccc1)C(=O)OCC(=O)Nc1cc(Cl)ccc1Cl. The number of esters is 1. The van der Waals surface area contributed by atoms with Crippen molar-refractivity contribution in [2.45, 2.75) is 13.0 Å². The Bertz CT molecular complexity index is 722. The van der Waals surface area contributed by atoms with Crippen LogP contribution in [-0.4, -0.2) is 24.6 Å². The molecule has 5 nitrogen and oxygen atoms in total. The van der Waals surface area contributed by atoms with Crippen LogP contribution >= 0.6 is 23.2 Å². The third kappa shape index (κ3) is 5.44. The van der Waals surface area contributed by atoms with Gasteiger partial charge in [0.15, 0.2) is 12.7 Å². The lowest BCUT2D eigenvalue weighted by Gasteiger charge is -2.14. The molecular formula is C17H15Cl2NO4. The number of carbonyl (C=O) groups excluding carboxylic acids is 2. The fraction of sp³-hybridized carbons (Fsp3) is 0.176. The molecule has 0 saturated carbocycles. The zero-order valence-electron chi connectivity index (χ0n) is 12.8. The summed E-state index contributed by atoms with van der Waals surface area (Å²) >= 11 is 11.8. The number of anilines is 1. The Morgan fingerprint density at radius 3 is 2.54 bits per heavy atom. The molecule has 126 valence electrons. The summed E-state index contributed by atoms with van der Waals surface area (Å²) in [5.41, 5.74) is 0.346. The van der Waals surface area contributed by atoms with E-state index < -0.39 is 24.6 Å². The maximum absolute atomic E-state index is 11.9. The van der Waals surface area contributed by atoms with E-state index in [2.05, 4.69) is 5.32 Å². The highest BCUT2D eigenvalue weighted by atomic mass is 35.5. The smallest absolute Gasteiger partial charge is 0.347 e. The van der Waals surface area contributed by atoms with Gasteiger partial charge in [0.05, 0.1) is 10.7 Å². The third-order valence-electron chi connectivity index (χ3n) is 2.94. The number of amides is 1. The molecule has 0 aliphatic heterocycles. The Labute approximate surface area is 149 Å². The summed E-state index contributed by atoms with van der Waals surface area (Å²) in [6.45, 7) is 1.09. The zero-order valence-corrected chi connectivity index (χ0v) is 14.3. The molecule has 0 spiro atoms. The first-order chi connectivity index (χ1) is 11.5. The molecule has 0 fully saturated rings. The quantitative estimate of drug-likeness (QED) is 0.785. The van der Waals surface area contributed by atoms with Crippen molar-refractivity contribution in [1.82, 2.24) is 0 Å². The van der Waals surface area contributed by atoms with E-state index in [4.69, 9.17) is 32.7 Å². The van der Waals surface area contributed by atoms with Gasteiger partial charge in [-0.1, -0.05) is 41.4 Å². The van der Waals surface area contributed by atoms with Crippen molar-refractivity contribution >= 4 is 40.8 Å². The van der Waals surface area contributed by atoms with Gasteiger partial charge in [-0.2, -0.15) is 0 Å². The van der Waals surface area contributed by atoms with Crippen molar-refractivity contribution in [3.63, 3.8) is 0 Å². The molecule has 0 saturated heterocycles. The first-order valence-electron chi connectivity index (χ1n) is 7.09. The van der Waals surface area contributed by atoms with Crippen molar-refractivity contribution in [2.24, 2.45) is 0 Å². The summed E-state index contributed by atoms with van der Waals surface area (Å²) < 4.78 is 10.3. The lowest BCUT2D eigenvalue weighted by Crippen LogP contribution is -2.29. The lowest BCUT2D eigenvalue weighted by molar-refractivity contribution is -0.153. The van der Waals surface area contributed by atoms with Gasteiger partial charge in [0.1, 0.15) is 5.75 Å². The monoisotopic (exact) mass is 367 g/mol. The van der Waals surface area contributed by atoms with Gasteiger partial charge < -0.3 is 14.8 Å². The normalized spacial score (nSPS) is 11.5. The Kier molecular flexibility index (Phi) is 6.46. The van der Waals surface area contributed by atoms with Crippen LogP contribution in [0.1, 0.15) is 6.92 Å². The van der Waals surface area contributed by atoms with E-state index in [0.29, 0.717) is 21.5 Å². The summed E-state index contributed by atoms with van der Waals surface area (Å²) in [7, 11) is 0. The summed E-state index contributed by atoms with van der Waals surface area (Å²) in [4.78, 5) is 23.7. The molecule has 0 radical (unpaired) electrons. The molecular weight excluding hydrogens is 353 g/mol. The highest BCUT2D eigenvalue weighted by Gasteiger charge is 2.18. The van der Waals surface area contributed by atoms with Crippen LogP contribution in [0.3, 0.4) is 0 Å². The van der Waals surface area contributed by atoms with Crippen LogP contribution in [0.15, 0.2) is 48.5 Å². The van der Waals surface area contributed by atoms with Gasteiger partial charge in [0.2, 0.25) is 0 Å². The molecule has 0 aliphatic carbocycles. The van der Waals surface area contributed by atoms with Crippen molar-refractivity contribution in [3.05, 3.63) is 58.6 Å². The number of rotatable bonds is 6. The van der Waals surface area contributed by atoms with Crippen LogP contribution in [-0.2, 0) is 14.3 Å². The second-order valence-corrected chi connectivity index (χ2v) is 5.70. The number of ether oxygens (including phenoxy) is 2. The van der Waals surface area contributed by atoms with Gasteiger partial charge in [0.25, 0.3) is 5.91 Å². The fourth-order valence-electron chi connectivity index (χ4n) is 1.78. The number of nitrogens with one attached hydrogen (secondary N) is 1. The van der Waals surface area contributed by atoms with Crippen LogP contribution < -0.4 is 10.1 Å². The second-order valence-electron chi connectivity index (χ2n) is 4.85. The molecule has 0 aliphatic rings. The Morgan fingerprint density at radius 1 is 1.12 bits per heavy atom. The molecule has 2 rings (SSSR count). The molecule has 24 heavy (non-hydrogen) atoms. The van der Waals surface area contributed by atoms with Crippen LogP contribution in [0.2, 0.25) is 10.0 Å². The van der Waals surface area contributed by atoms with Crippen LogP contribution in [0.5, 0.6) is 5.75 Å². The molecule has 7 heteroatoms. The molecule has 2 aromatic rings. The van der Waals surface area contributed by atoms with Crippen molar-refractivity contribution in [1.29, 1.82) is 0 Å². The van der Waals surface area contributed by atoms with Crippen LogP contribution in [0.4, 0.5) is 5.69 Å². The standard InChI is InChI=1S/C17H15Cl2NO4/c1-11(24-13-5-3-2-4-6-13)17(22)23-10-16(21)20-15-9-12(18)7-8-14(15)19/h2-9,11H,10H2,1H3,(H,20,21)/t11-/m0/s1. The summed E-state index contributed by atoms with van der Waals surface area (Å²) in [6.07, 6.45) is -0.838. The Balaban J connectivity index is 1.82. The Morgan fingerprint density at radius 2 is 1.83 bits per heavy atom. The van der Waals surface area contributed by atoms with Gasteiger partial charge in [-0.15, -0.1) is 0 Å². The second kappa shape index (κ2) is 8.57. The summed E-state index contributed by atoms with van der Waals surface area (Å²) in [5.74, 6) is -0.636. The number of para-hydroxylation sites is 1. The van der Waals surface area contributed by atoms with Crippen LogP contribution in [0, 0.1) is 0 Å². The molecule has 1 N–H and O–H groups in total. The van der Waals surface area contributed by atoms with E-state index >= 15 is 0 Å². The number of hydrogen-bond acceptors (Lipinski definition) is 4. The van der Waals surface area contributed by atoms with Gasteiger partial charge in [-0.05, 0) is 37.3 Å². The van der Waals surface area contributed by atoms with Gasteiger partial charge in [0, 0.05) is 5.02 Å². The van der Waals surface area contributed by atoms with Gasteiger partial charge in [-0.3, -0.25) is 4.79 Å². The number of carbonyl (C=O) groups is 2. The van der Waals surface area contributed by atoms with E-state index in [1.54, 1.807) is 43.3 Å². The topological polar surface area (TPSA) is 64.6 Å². The molecule has 1 amide bonds. The summed E-state index contributed by atoms with van der Waals surface area (Å²) in [6, 6.07) is 13.5. The fourth-order valence-corrected chi connectivity index (χ4v) is 2.12. The minimum Gasteiger partial charge on any atom is -0.479 e. The molecule has 0 aromatic heterocycles. The van der Waals surface area contributed by atoms with Crippen LogP contribution in [0.25, 0.3) is 0 Å². The number of benzene rings is 2. The lowest BCUT2D eigenvalue weighted by atomic mass is 10.3. The molecule has 1 atom stereocenters.